The van der Waals surface area contributed by atoms with Crippen LogP contribution in [0.1, 0.15) is 0 Å². The molecule has 0 spiro atoms. The number of halogens is 4. The molecule has 6 heteroatoms. The molecule has 94 valence electrons. The van der Waals surface area contributed by atoms with Crippen LogP contribution >= 0.6 is 8.15 Å². The van der Waals surface area contributed by atoms with Gasteiger partial charge in [-0.05, 0) is 24.3 Å². The number of hydrogen-bond donors (Lipinski definition) is 1. The molecular weight excluding hydrogens is 267 g/mol. The van der Waals surface area contributed by atoms with Crippen molar-refractivity contribution >= 4 is 18.8 Å². The quantitative estimate of drug-likeness (QED) is 0.659. The molecule has 0 aliphatic carbocycles. The summed E-state index contributed by atoms with van der Waals surface area (Å²) in [6.45, 7) is 0. The Balaban J connectivity index is 2.43. The van der Waals surface area contributed by atoms with Crippen molar-refractivity contribution in [2.24, 2.45) is 0 Å². The molecule has 18 heavy (non-hydrogen) atoms. The standard InChI is InChI=1S/C12H7F4OP/c13-7-1-8(14)4-11(3-7)18(17)12-5-9(15)2-10(16)6-12/h1-6,17H. The predicted octanol–water partition coefficient (Wildman–Crippen LogP) is 2.58. The molecular formula is C12H7F4OP. The summed E-state index contributed by atoms with van der Waals surface area (Å²) in [6.07, 6.45) is 0. The van der Waals surface area contributed by atoms with Crippen LogP contribution in [0.2, 0.25) is 0 Å². The van der Waals surface area contributed by atoms with E-state index >= 15 is 0 Å². The molecule has 0 bridgehead atoms. The second kappa shape index (κ2) is 5.04. The Labute approximate surface area is 102 Å². The average Bonchev–Trinajstić information content (AvgIpc) is 2.25. The first-order chi connectivity index (χ1) is 8.45. The van der Waals surface area contributed by atoms with Crippen molar-refractivity contribution in [2.75, 3.05) is 0 Å². The van der Waals surface area contributed by atoms with Crippen LogP contribution in [0.25, 0.3) is 0 Å². The first kappa shape index (κ1) is 13.0. The van der Waals surface area contributed by atoms with Gasteiger partial charge in [-0.2, -0.15) is 0 Å². The van der Waals surface area contributed by atoms with Crippen molar-refractivity contribution in [1.82, 2.24) is 0 Å². The topological polar surface area (TPSA) is 20.2 Å². The van der Waals surface area contributed by atoms with Crippen LogP contribution in [0, 0.1) is 23.3 Å². The molecule has 0 amide bonds. The third-order valence-corrected chi connectivity index (χ3v) is 3.68. The highest BCUT2D eigenvalue weighted by Gasteiger charge is 2.15. The molecule has 2 rings (SSSR count). The minimum Gasteiger partial charge on any atom is -0.364 e. The molecule has 0 heterocycles. The molecule has 0 aliphatic rings. The summed E-state index contributed by atoms with van der Waals surface area (Å²) >= 11 is 0. The van der Waals surface area contributed by atoms with E-state index in [-0.39, 0.29) is 10.6 Å². The van der Waals surface area contributed by atoms with Crippen LogP contribution in [-0.2, 0) is 0 Å². The lowest BCUT2D eigenvalue weighted by atomic mass is 10.3. The highest BCUT2D eigenvalue weighted by molar-refractivity contribution is 7.67. The summed E-state index contributed by atoms with van der Waals surface area (Å²) in [4.78, 5) is 9.89. The minimum atomic E-state index is -2.20. The van der Waals surface area contributed by atoms with Crippen molar-refractivity contribution < 1.29 is 22.5 Å². The lowest BCUT2D eigenvalue weighted by Crippen LogP contribution is -2.13. The van der Waals surface area contributed by atoms with Gasteiger partial charge in [-0.1, -0.05) is 0 Å². The van der Waals surface area contributed by atoms with Crippen LogP contribution in [0.5, 0.6) is 0 Å². The van der Waals surface area contributed by atoms with Crippen molar-refractivity contribution in [3.05, 3.63) is 59.7 Å². The molecule has 1 nitrogen and oxygen atoms in total. The van der Waals surface area contributed by atoms with Crippen molar-refractivity contribution in [3.8, 4) is 0 Å². The average molecular weight is 274 g/mol. The van der Waals surface area contributed by atoms with Gasteiger partial charge in [0.05, 0.1) is 8.15 Å². The third kappa shape index (κ3) is 2.86. The van der Waals surface area contributed by atoms with Crippen LogP contribution < -0.4 is 10.6 Å². The SMILES string of the molecule is OP(c1cc(F)cc(F)c1)c1cc(F)cc(F)c1. The van der Waals surface area contributed by atoms with Crippen molar-refractivity contribution in [1.29, 1.82) is 0 Å². The van der Waals surface area contributed by atoms with Gasteiger partial charge < -0.3 is 4.89 Å². The molecule has 0 saturated carbocycles. The maximum atomic E-state index is 13.0. The summed E-state index contributed by atoms with van der Waals surface area (Å²) in [5.41, 5.74) is 0. The zero-order chi connectivity index (χ0) is 13.3. The lowest BCUT2D eigenvalue weighted by Gasteiger charge is -2.11. The van der Waals surface area contributed by atoms with Crippen LogP contribution in [-0.4, -0.2) is 4.89 Å². The normalized spacial score (nSPS) is 11.0. The largest absolute Gasteiger partial charge is 0.364 e. The molecule has 0 aromatic heterocycles. The van der Waals surface area contributed by atoms with E-state index in [1.807, 2.05) is 0 Å². The molecule has 0 radical (unpaired) electrons. The maximum absolute atomic E-state index is 13.0. The zero-order valence-electron chi connectivity index (χ0n) is 8.87. The van der Waals surface area contributed by atoms with E-state index in [2.05, 4.69) is 0 Å². The zero-order valence-corrected chi connectivity index (χ0v) is 9.76. The molecule has 0 saturated heterocycles. The molecule has 2 aromatic rings. The molecule has 1 N–H and O–H groups in total. The lowest BCUT2D eigenvalue weighted by molar-refractivity contribution is 0.582. The van der Waals surface area contributed by atoms with Gasteiger partial charge >= 0.3 is 0 Å². The smallest absolute Gasteiger partial charge is 0.126 e. The molecule has 0 aliphatic heterocycles. The van der Waals surface area contributed by atoms with E-state index in [1.54, 1.807) is 0 Å². The van der Waals surface area contributed by atoms with Gasteiger partial charge in [0.2, 0.25) is 0 Å². The molecule has 0 unspecified atom stereocenters. The van der Waals surface area contributed by atoms with Gasteiger partial charge in [-0.15, -0.1) is 0 Å². The van der Waals surface area contributed by atoms with Crippen LogP contribution in [0.4, 0.5) is 17.6 Å². The third-order valence-electron chi connectivity index (χ3n) is 2.18. The maximum Gasteiger partial charge on any atom is 0.126 e. The number of benzene rings is 2. The Hall–Kier alpha value is -1.45. The van der Waals surface area contributed by atoms with E-state index < -0.39 is 31.4 Å². The Morgan fingerprint density at radius 2 is 0.889 bits per heavy atom. The minimum absolute atomic E-state index is 0.0486. The number of hydrogen-bond acceptors (Lipinski definition) is 1. The molecule has 2 aromatic carbocycles. The summed E-state index contributed by atoms with van der Waals surface area (Å²) in [6, 6.07) is 5.02. The number of rotatable bonds is 2. The van der Waals surface area contributed by atoms with Gasteiger partial charge in [0.1, 0.15) is 23.3 Å². The fourth-order valence-corrected chi connectivity index (χ4v) is 2.75. The van der Waals surface area contributed by atoms with E-state index in [0.29, 0.717) is 12.1 Å². The second-order valence-electron chi connectivity index (χ2n) is 3.57. The fraction of sp³-hybridized carbons (Fsp3) is 0. The van der Waals surface area contributed by atoms with E-state index in [0.717, 1.165) is 24.3 Å². The van der Waals surface area contributed by atoms with Crippen LogP contribution in [0.3, 0.4) is 0 Å². The Morgan fingerprint density at radius 1 is 0.611 bits per heavy atom. The predicted molar refractivity (Wildman–Crippen MR) is 61.1 cm³/mol. The fourth-order valence-electron chi connectivity index (χ4n) is 1.47. The van der Waals surface area contributed by atoms with Crippen molar-refractivity contribution in [3.63, 3.8) is 0 Å². The van der Waals surface area contributed by atoms with Crippen molar-refractivity contribution in [2.45, 2.75) is 0 Å². The summed E-state index contributed by atoms with van der Waals surface area (Å²) in [5, 5.41) is -0.0972. The monoisotopic (exact) mass is 274 g/mol. The Kier molecular flexibility index (Phi) is 3.64. The van der Waals surface area contributed by atoms with Crippen LogP contribution in [0.15, 0.2) is 36.4 Å². The van der Waals surface area contributed by atoms with Gasteiger partial charge in [0.15, 0.2) is 0 Å². The first-order valence-corrected chi connectivity index (χ1v) is 6.16. The summed E-state index contributed by atoms with van der Waals surface area (Å²) in [7, 11) is -2.20. The van der Waals surface area contributed by atoms with Gasteiger partial charge in [0, 0.05) is 22.7 Å². The molecule has 0 atom stereocenters. The summed E-state index contributed by atoms with van der Waals surface area (Å²) < 4.78 is 51.9. The summed E-state index contributed by atoms with van der Waals surface area (Å²) in [5.74, 6) is -3.43. The van der Waals surface area contributed by atoms with E-state index in [4.69, 9.17) is 0 Å². The van der Waals surface area contributed by atoms with Gasteiger partial charge in [-0.3, -0.25) is 0 Å². The highest BCUT2D eigenvalue weighted by Crippen LogP contribution is 2.29. The Morgan fingerprint density at radius 3 is 1.17 bits per heavy atom. The Bertz CT molecular complexity index is 496. The highest BCUT2D eigenvalue weighted by atomic mass is 31.1. The van der Waals surface area contributed by atoms with E-state index in [9.17, 15) is 22.5 Å². The second-order valence-corrected chi connectivity index (χ2v) is 5.22. The van der Waals surface area contributed by atoms with Gasteiger partial charge in [-0.25, -0.2) is 17.6 Å². The van der Waals surface area contributed by atoms with E-state index in [1.165, 1.54) is 0 Å². The molecule has 0 fully saturated rings. The first-order valence-electron chi connectivity index (χ1n) is 4.87. The van der Waals surface area contributed by atoms with Gasteiger partial charge in [0.25, 0.3) is 0 Å².